The van der Waals surface area contributed by atoms with Gasteiger partial charge in [-0.25, -0.2) is 17.9 Å². The molecule has 0 aromatic heterocycles. The number of nitrogens with two attached hydrogens (primary N) is 1. The molecule has 1 unspecified atom stereocenters. The number of hydrogen-bond donors (Lipinski definition) is 2. The number of nitrogens with one attached hydrogen (secondary N) is 1. The minimum absolute atomic E-state index is 0.236. The van der Waals surface area contributed by atoms with Gasteiger partial charge in [-0.15, -0.1) is 0 Å². The second-order valence-corrected chi connectivity index (χ2v) is 5.90. The molecule has 3 N–H and O–H groups in total. The van der Waals surface area contributed by atoms with Crippen molar-refractivity contribution in [2.75, 3.05) is 13.7 Å². The molecule has 1 amide bonds. The number of ether oxygens (including phenoxy) is 1. The Balaban J connectivity index is 2.93. The van der Waals surface area contributed by atoms with Gasteiger partial charge in [0.25, 0.3) is 5.91 Å². The first-order valence-electron chi connectivity index (χ1n) is 5.88. The van der Waals surface area contributed by atoms with E-state index in [1.807, 2.05) is 0 Å². The van der Waals surface area contributed by atoms with Crippen LogP contribution < -0.4 is 10.5 Å². The number of sulfonamides is 1. The summed E-state index contributed by atoms with van der Waals surface area (Å²) in [6, 6.07) is 2.59. The first-order chi connectivity index (χ1) is 9.25. The van der Waals surface area contributed by atoms with E-state index >= 15 is 0 Å². The van der Waals surface area contributed by atoms with Crippen LogP contribution in [-0.4, -0.2) is 34.1 Å². The van der Waals surface area contributed by atoms with Crippen molar-refractivity contribution in [3.63, 3.8) is 0 Å². The Bertz CT molecular complexity index is 589. The summed E-state index contributed by atoms with van der Waals surface area (Å²) in [5.74, 6) is -1.51. The molecule has 0 heterocycles. The summed E-state index contributed by atoms with van der Waals surface area (Å²) in [4.78, 5) is 11.6. The molecule has 1 atom stereocenters. The van der Waals surface area contributed by atoms with E-state index in [1.54, 1.807) is 6.92 Å². The molecule has 8 heteroatoms. The van der Waals surface area contributed by atoms with Crippen LogP contribution in [0.1, 0.15) is 23.7 Å². The van der Waals surface area contributed by atoms with Gasteiger partial charge in [0.05, 0.1) is 10.5 Å². The Hall–Kier alpha value is -1.51. The van der Waals surface area contributed by atoms with Gasteiger partial charge in [0.1, 0.15) is 5.82 Å². The van der Waals surface area contributed by atoms with Crippen molar-refractivity contribution in [2.45, 2.75) is 24.3 Å². The maximum Gasteiger partial charge on any atom is 0.254 e. The van der Waals surface area contributed by atoms with Crippen molar-refractivity contribution in [3.05, 3.63) is 29.6 Å². The van der Waals surface area contributed by atoms with Gasteiger partial charge in [-0.1, -0.05) is 0 Å². The lowest BCUT2D eigenvalue weighted by Crippen LogP contribution is -2.34. The smallest absolute Gasteiger partial charge is 0.254 e. The monoisotopic (exact) mass is 304 g/mol. The van der Waals surface area contributed by atoms with Crippen LogP contribution in [0.4, 0.5) is 4.39 Å². The number of halogens is 1. The number of methoxy groups -OCH3 is 1. The fourth-order valence-electron chi connectivity index (χ4n) is 1.52. The topological polar surface area (TPSA) is 98.5 Å². The van der Waals surface area contributed by atoms with Crippen LogP contribution in [0.3, 0.4) is 0 Å². The molecule has 1 aromatic rings. The quantitative estimate of drug-likeness (QED) is 0.805. The van der Waals surface area contributed by atoms with Gasteiger partial charge in [-0.05, 0) is 31.5 Å². The zero-order chi connectivity index (χ0) is 15.3. The van der Waals surface area contributed by atoms with Crippen LogP contribution in [0.2, 0.25) is 0 Å². The SMILES string of the molecule is COCCC(C)NC(=O)c1cc(S(N)(=O)=O)ccc1F. The van der Waals surface area contributed by atoms with Crippen molar-refractivity contribution >= 4 is 15.9 Å². The Kier molecular flexibility index (Phi) is 5.61. The minimum atomic E-state index is -3.98. The van der Waals surface area contributed by atoms with E-state index < -0.39 is 21.7 Å². The maximum atomic E-state index is 13.6. The molecule has 1 rings (SSSR count). The Morgan fingerprint density at radius 1 is 1.50 bits per heavy atom. The zero-order valence-corrected chi connectivity index (χ0v) is 12.0. The normalized spacial score (nSPS) is 13.0. The highest BCUT2D eigenvalue weighted by molar-refractivity contribution is 7.89. The lowest BCUT2D eigenvalue weighted by atomic mass is 10.1. The van der Waals surface area contributed by atoms with E-state index in [9.17, 15) is 17.6 Å². The predicted octanol–water partition coefficient (Wildman–Crippen LogP) is 0.628. The van der Waals surface area contributed by atoms with Crippen molar-refractivity contribution < 1.29 is 22.3 Å². The number of amides is 1. The molecule has 0 aliphatic carbocycles. The molecule has 0 aliphatic rings. The van der Waals surface area contributed by atoms with Crippen molar-refractivity contribution in [3.8, 4) is 0 Å². The van der Waals surface area contributed by atoms with E-state index in [1.165, 1.54) is 7.11 Å². The van der Waals surface area contributed by atoms with Gasteiger partial charge >= 0.3 is 0 Å². The molecule has 0 saturated heterocycles. The van der Waals surface area contributed by atoms with Crippen LogP contribution in [-0.2, 0) is 14.8 Å². The molecule has 6 nitrogen and oxygen atoms in total. The molecule has 1 aromatic carbocycles. The first kappa shape index (κ1) is 16.5. The number of carbonyl (C=O) groups is 1. The van der Waals surface area contributed by atoms with Gasteiger partial charge in [0.15, 0.2) is 0 Å². The van der Waals surface area contributed by atoms with E-state index in [-0.39, 0.29) is 16.5 Å². The van der Waals surface area contributed by atoms with E-state index in [0.717, 1.165) is 18.2 Å². The van der Waals surface area contributed by atoms with Gasteiger partial charge in [0, 0.05) is 19.8 Å². The summed E-state index contributed by atoms with van der Waals surface area (Å²) in [5.41, 5.74) is -0.360. The lowest BCUT2D eigenvalue weighted by molar-refractivity contribution is 0.0925. The van der Waals surface area contributed by atoms with Gasteiger partial charge in [-0.2, -0.15) is 0 Å². The zero-order valence-electron chi connectivity index (χ0n) is 11.2. The second-order valence-electron chi connectivity index (χ2n) is 4.34. The second kappa shape index (κ2) is 6.78. The predicted molar refractivity (Wildman–Crippen MR) is 71.2 cm³/mol. The summed E-state index contributed by atoms with van der Waals surface area (Å²) in [5, 5.41) is 7.50. The van der Waals surface area contributed by atoms with E-state index in [4.69, 9.17) is 9.88 Å². The highest BCUT2D eigenvalue weighted by Gasteiger charge is 2.18. The Labute approximate surface area is 117 Å². The average Bonchev–Trinajstić information content (AvgIpc) is 2.35. The highest BCUT2D eigenvalue weighted by atomic mass is 32.2. The molecule has 112 valence electrons. The molecule has 20 heavy (non-hydrogen) atoms. The molecule has 0 saturated carbocycles. The third-order valence-corrected chi connectivity index (χ3v) is 3.55. The third-order valence-electron chi connectivity index (χ3n) is 2.64. The van der Waals surface area contributed by atoms with Crippen LogP contribution >= 0.6 is 0 Å². The fraction of sp³-hybridized carbons (Fsp3) is 0.417. The minimum Gasteiger partial charge on any atom is -0.385 e. The summed E-state index contributed by atoms with van der Waals surface area (Å²) in [6.07, 6.45) is 0.554. The average molecular weight is 304 g/mol. The Morgan fingerprint density at radius 2 is 2.15 bits per heavy atom. The molecular formula is C12H17FN2O4S. The van der Waals surface area contributed by atoms with Crippen molar-refractivity contribution in [1.29, 1.82) is 0 Å². The Morgan fingerprint density at radius 3 is 2.70 bits per heavy atom. The van der Waals surface area contributed by atoms with Gasteiger partial charge < -0.3 is 10.1 Å². The molecule has 0 spiro atoms. The summed E-state index contributed by atoms with van der Waals surface area (Å²) in [6.45, 7) is 2.18. The molecule has 0 bridgehead atoms. The fourth-order valence-corrected chi connectivity index (χ4v) is 2.06. The van der Waals surface area contributed by atoms with Gasteiger partial charge in [-0.3, -0.25) is 4.79 Å². The number of primary sulfonamides is 1. The molecule has 0 radical (unpaired) electrons. The number of carbonyl (C=O) groups excluding carboxylic acids is 1. The largest absolute Gasteiger partial charge is 0.385 e. The van der Waals surface area contributed by atoms with Crippen LogP contribution in [0.15, 0.2) is 23.1 Å². The number of rotatable bonds is 6. The molecular weight excluding hydrogens is 287 g/mol. The highest BCUT2D eigenvalue weighted by Crippen LogP contribution is 2.14. The van der Waals surface area contributed by atoms with Gasteiger partial charge in [0.2, 0.25) is 10.0 Å². The van der Waals surface area contributed by atoms with Crippen LogP contribution in [0.5, 0.6) is 0 Å². The van der Waals surface area contributed by atoms with Crippen molar-refractivity contribution in [1.82, 2.24) is 5.32 Å². The molecule has 0 fully saturated rings. The summed E-state index contributed by atoms with van der Waals surface area (Å²) < 4.78 is 40.8. The summed E-state index contributed by atoms with van der Waals surface area (Å²) >= 11 is 0. The first-order valence-corrected chi connectivity index (χ1v) is 7.42. The number of hydrogen-bond acceptors (Lipinski definition) is 4. The van der Waals surface area contributed by atoms with E-state index in [0.29, 0.717) is 13.0 Å². The van der Waals surface area contributed by atoms with E-state index in [2.05, 4.69) is 5.32 Å². The number of benzene rings is 1. The lowest BCUT2D eigenvalue weighted by Gasteiger charge is -2.14. The maximum absolute atomic E-state index is 13.6. The molecule has 0 aliphatic heterocycles. The standard InChI is InChI=1S/C12H17FN2O4S/c1-8(5-6-19-2)15-12(16)10-7-9(20(14,17)18)3-4-11(10)13/h3-4,7-8H,5-6H2,1-2H3,(H,15,16)(H2,14,17,18). The summed E-state index contributed by atoms with van der Waals surface area (Å²) in [7, 11) is -2.45. The van der Waals surface area contributed by atoms with Crippen LogP contribution in [0, 0.1) is 5.82 Å². The van der Waals surface area contributed by atoms with Crippen molar-refractivity contribution in [2.24, 2.45) is 5.14 Å². The van der Waals surface area contributed by atoms with Crippen LogP contribution in [0.25, 0.3) is 0 Å². The third kappa shape index (κ3) is 4.55.